The first-order valence-electron chi connectivity index (χ1n) is 4.36. The molecular weight excluding hydrogens is 198 g/mol. The van der Waals surface area contributed by atoms with Gasteiger partial charge in [-0.15, -0.1) is 0 Å². The third-order valence-corrected chi connectivity index (χ3v) is 3.00. The summed E-state index contributed by atoms with van der Waals surface area (Å²) in [6, 6.07) is 5.45. The molecule has 74 valence electrons. The molecule has 3 N–H and O–H groups in total. The van der Waals surface area contributed by atoms with Crippen molar-refractivity contribution < 1.29 is 9.84 Å². The molecule has 0 amide bonds. The molecule has 4 heteroatoms. The molecule has 1 heterocycles. The highest BCUT2D eigenvalue weighted by molar-refractivity contribution is 7.21. The summed E-state index contributed by atoms with van der Waals surface area (Å²) < 4.78 is 6.28. The lowest BCUT2D eigenvalue weighted by Gasteiger charge is -1.97. The van der Waals surface area contributed by atoms with Crippen molar-refractivity contribution in [3.63, 3.8) is 0 Å². The molecule has 14 heavy (non-hydrogen) atoms. The predicted molar refractivity (Wildman–Crippen MR) is 59.1 cm³/mol. The number of thiophene rings is 1. The molecule has 0 unspecified atom stereocenters. The minimum Gasteiger partial charge on any atom is -0.503 e. The minimum absolute atomic E-state index is 0.194. The Morgan fingerprint density at radius 2 is 2.29 bits per heavy atom. The first kappa shape index (κ1) is 9.15. The first-order valence-corrected chi connectivity index (χ1v) is 5.17. The van der Waals surface area contributed by atoms with Gasteiger partial charge in [0.15, 0.2) is 5.75 Å². The van der Waals surface area contributed by atoms with Crippen LogP contribution in [0, 0.1) is 0 Å². The van der Waals surface area contributed by atoms with E-state index in [-0.39, 0.29) is 5.75 Å². The second kappa shape index (κ2) is 3.38. The maximum atomic E-state index is 9.77. The average molecular weight is 209 g/mol. The standard InChI is InChI=1S/C10H11NO2S/c1-2-13-10-9(12)7-5-6(11)3-4-8(7)14-10/h3-5,12H,2,11H2,1H3. The molecule has 0 saturated carbocycles. The number of nitrogens with two attached hydrogens (primary N) is 1. The van der Waals surface area contributed by atoms with E-state index in [4.69, 9.17) is 10.5 Å². The number of nitrogen functional groups attached to an aromatic ring is 1. The van der Waals surface area contributed by atoms with Crippen LogP contribution in [0.5, 0.6) is 10.8 Å². The molecule has 0 radical (unpaired) electrons. The van der Waals surface area contributed by atoms with E-state index in [1.165, 1.54) is 11.3 Å². The summed E-state index contributed by atoms with van der Waals surface area (Å²) >= 11 is 1.43. The van der Waals surface area contributed by atoms with Crippen molar-refractivity contribution in [2.45, 2.75) is 6.92 Å². The molecule has 2 aromatic rings. The van der Waals surface area contributed by atoms with Crippen LogP contribution < -0.4 is 10.5 Å². The van der Waals surface area contributed by atoms with Gasteiger partial charge >= 0.3 is 0 Å². The highest BCUT2D eigenvalue weighted by Crippen LogP contribution is 2.43. The lowest BCUT2D eigenvalue weighted by Crippen LogP contribution is -1.87. The van der Waals surface area contributed by atoms with Crippen LogP contribution >= 0.6 is 11.3 Å². The second-order valence-electron chi connectivity index (χ2n) is 2.93. The molecule has 0 atom stereocenters. The monoisotopic (exact) mass is 209 g/mol. The fraction of sp³-hybridized carbons (Fsp3) is 0.200. The van der Waals surface area contributed by atoms with E-state index in [0.717, 1.165) is 10.1 Å². The summed E-state index contributed by atoms with van der Waals surface area (Å²) in [6.45, 7) is 2.44. The molecule has 3 nitrogen and oxygen atoms in total. The average Bonchev–Trinajstić information content (AvgIpc) is 2.46. The van der Waals surface area contributed by atoms with Crippen LogP contribution in [0.15, 0.2) is 18.2 Å². The minimum atomic E-state index is 0.194. The number of benzene rings is 1. The zero-order valence-electron chi connectivity index (χ0n) is 7.78. The van der Waals surface area contributed by atoms with Crippen molar-refractivity contribution in [1.82, 2.24) is 0 Å². The van der Waals surface area contributed by atoms with Crippen LogP contribution in [0.4, 0.5) is 5.69 Å². The first-order chi connectivity index (χ1) is 6.72. The lowest BCUT2D eigenvalue weighted by molar-refractivity contribution is 0.330. The van der Waals surface area contributed by atoms with E-state index in [1.807, 2.05) is 19.1 Å². The summed E-state index contributed by atoms with van der Waals surface area (Å²) in [4.78, 5) is 0. The molecule has 0 saturated heterocycles. The summed E-state index contributed by atoms with van der Waals surface area (Å²) in [5.74, 6) is 0.194. The van der Waals surface area contributed by atoms with Crippen LogP contribution in [-0.4, -0.2) is 11.7 Å². The van der Waals surface area contributed by atoms with Crippen LogP contribution in [0.2, 0.25) is 0 Å². The van der Waals surface area contributed by atoms with E-state index in [9.17, 15) is 5.11 Å². The molecule has 0 fully saturated rings. The fourth-order valence-electron chi connectivity index (χ4n) is 1.31. The fourth-order valence-corrected chi connectivity index (χ4v) is 2.29. The van der Waals surface area contributed by atoms with Gasteiger partial charge in [-0.3, -0.25) is 0 Å². The third kappa shape index (κ3) is 1.37. The Balaban J connectivity index is 2.62. The van der Waals surface area contributed by atoms with Crippen molar-refractivity contribution >= 4 is 27.1 Å². The van der Waals surface area contributed by atoms with Gasteiger partial charge in [0.05, 0.1) is 6.61 Å². The van der Waals surface area contributed by atoms with Gasteiger partial charge in [0.1, 0.15) is 0 Å². The molecule has 2 rings (SSSR count). The van der Waals surface area contributed by atoms with Crippen molar-refractivity contribution in [2.24, 2.45) is 0 Å². The summed E-state index contributed by atoms with van der Waals surface area (Å²) in [5.41, 5.74) is 6.28. The second-order valence-corrected chi connectivity index (χ2v) is 3.94. The Labute approximate surface area is 85.7 Å². The molecule has 1 aromatic carbocycles. The van der Waals surface area contributed by atoms with Gasteiger partial charge < -0.3 is 15.6 Å². The Morgan fingerprint density at radius 3 is 3.00 bits per heavy atom. The smallest absolute Gasteiger partial charge is 0.217 e. The van der Waals surface area contributed by atoms with Crippen molar-refractivity contribution in [3.05, 3.63) is 18.2 Å². The lowest BCUT2D eigenvalue weighted by atomic mass is 10.2. The SMILES string of the molecule is CCOc1sc2ccc(N)cc2c1O. The maximum absolute atomic E-state index is 9.77. The largest absolute Gasteiger partial charge is 0.503 e. The van der Waals surface area contributed by atoms with E-state index in [2.05, 4.69) is 0 Å². The van der Waals surface area contributed by atoms with Crippen LogP contribution in [0.25, 0.3) is 10.1 Å². The van der Waals surface area contributed by atoms with Gasteiger partial charge in [-0.2, -0.15) is 0 Å². The third-order valence-electron chi connectivity index (χ3n) is 1.93. The normalized spacial score (nSPS) is 10.6. The predicted octanol–water partition coefficient (Wildman–Crippen LogP) is 2.59. The van der Waals surface area contributed by atoms with Gasteiger partial charge in [-0.1, -0.05) is 11.3 Å². The highest BCUT2D eigenvalue weighted by atomic mass is 32.1. The summed E-state index contributed by atoms with van der Waals surface area (Å²) in [6.07, 6.45) is 0. The van der Waals surface area contributed by atoms with Gasteiger partial charge in [-0.05, 0) is 25.1 Å². The van der Waals surface area contributed by atoms with E-state index in [0.29, 0.717) is 17.4 Å². The van der Waals surface area contributed by atoms with E-state index >= 15 is 0 Å². The van der Waals surface area contributed by atoms with Crippen LogP contribution in [0.3, 0.4) is 0 Å². The quantitative estimate of drug-likeness (QED) is 0.747. The Morgan fingerprint density at radius 1 is 1.50 bits per heavy atom. The van der Waals surface area contributed by atoms with Crippen molar-refractivity contribution in [3.8, 4) is 10.8 Å². The van der Waals surface area contributed by atoms with Gasteiger partial charge in [0.25, 0.3) is 0 Å². The molecule has 0 spiro atoms. The Bertz CT molecular complexity index is 464. The van der Waals surface area contributed by atoms with Crippen LogP contribution in [-0.2, 0) is 0 Å². The number of rotatable bonds is 2. The molecule has 0 aliphatic heterocycles. The Kier molecular flexibility index (Phi) is 2.21. The van der Waals surface area contributed by atoms with E-state index in [1.54, 1.807) is 6.07 Å². The molecule has 1 aromatic heterocycles. The number of ether oxygens (including phenoxy) is 1. The zero-order valence-corrected chi connectivity index (χ0v) is 8.60. The highest BCUT2D eigenvalue weighted by Gasteiger charge is 2.11. The topological polar surface area (TPSA) is 55.5 Å². The van der Waals surface area contributed by atoms with Crippen molar-refractivity contribution in [1.29, 1.82) is 0 Å². The summed E-state index contributed by atoms with van der Waals surface area (Å²) in [5, 5.41) is 11.1. The van der Waals surface area contributed by atoms with Crippen molar-refractivity contribution in [2.75, 3.05) is 12.3 Å². The number of aromatic hydroxyl groups is 1. The van der Waals surface area contributed by atoms with E-state index < -0.39 is 0 Å². The Hall–Kier alpha value is -1.42. The molecule has 0 bridgehead atoms. The van der Waals surface area contributed by atoms with Crippen LogP contribution in [0.1, 0.15) is 6.92 Å². The summed E-state index contributed by atoms with van der Waals surface area (Å²) in [7, 11) is 0. The molecule has 0 aliphatic carbocycles. The van der Waals surface area contributed by atoms with Gasteiger partial charge in [0, 0.05) is 15.8 Å². The molecular formula is C10H11NO2S. The van der Waals surface area contributed by atoms with Gasteiger partial charge in [0.2, 0.25) is 5.06 Å². The number of hydrogen-bond acceptors (Lipinski definition) is 4. The number of hydrogen-bond donors (Lipinski definition) is 2. The molecule has 0 aliphatic rings. The number of fused-ring (bicyclic) bond motifs is 1. The number of anilines is 1. The maximum Gasteiger partial charge on any atom is 0.217 e. The zero-order chi connectivity index (χ0) is 10.1. The van der Waals surface area contributed by atoms with Gasteiger partial charge in [-0.25, -0.2) is 0 Å².